The molecular formula is C23H26N6O2. The summed E-state index contributed by atoms with van der Waals surface area (Å²) >= 11 is 0. The Morgan fingerprint density at radius 2 is 1.74 bits per heavy atom. The molecule has 1 aliphatic rings. The lowest BCUT2D eigenvalue weighted by molar-refractivity contribution is 0.0732. The van der Waals surface area contributed by atoms with Gasteiger partial charge in [-0.2, -0.15) is 0 Å². The maximum atomic E-state index is 13.2. The molecular weight excluding hydrogens is 392 g/mol. The zero-order chi connectivity index (χ0) is 22.1. The standard InChI is InChI=1S/C23H26N6O2/c1-14-10-15(2)26-23(25-14)27-18-11-16(3)24-19(12-18)20-6-5-9-29(20)22(31)17-7-8-21(30)28(4)13-17/h7-8,10-13,20H,5-6,9H2,1-4H3,(H,24,25,26,27). The third-order valence-corrected chi connectivity index (χ3v) is 5.40. The molecule has 3 aromatic heterocycles. The Kier molecular flexibility index (Phi) is 5.54. The van der Waals surface area contributed by atoms with Crippen LogP contribution in [0.4, 0.5) is 11.6 Å². The quantitative estimate of drug-likeness (QED) is 0.699. The van der Waals surface area contributed by atoms with Crippen molar-refractivity contribution in [1.29, 1.82) is 0 Å². The molecule has 0 spiro atoms. The first-order valence-electron chi connectivity index (χ1n) is 10.4. The van der Waals surface area contributed by atoms with E-state index in [9.17, 15) is 9.59 Å². The molecule has 3 aromatic rings. The molecule has 1 saturated heterocycles. The number of nitrogens with one attached hydrogen (secondary N) is 1. The molecule has 8 heteroatoms. The van der Waals surface area contributed by atoms with Crippen molar-refractivity contribution in [2.24, 2.45) is 7.05 Å². The lowest BCUT2D eigenvalue weighted by Crippen LogP contribution is -2.32. The first kappa shape index (κ1) is 20.7. The second kappa shape index (κ2) is 8.29. The molecule has 160 valence electrons. The van der Waals surface area contributed by atoms with Crippen LogP contribution in [0.1, 0.15) is 52.0 Å². The third kappa shape index (κ3) is 4.47. The minimum atomic E-state index is -0.140. The van der Waals surface area contributed by atoms with Crippen molar-refractivity contribution in [3.63, 3.8) is 0 Å². The number of carbonyl (C=O) groups is 1. The van der Waals surface area contributed by atoms with E-state index in [2.05, 4.69) is 15.3 Å². The summed E-state index contributed by atoms with van der Waals surface area (Å²) in [6, 6.07) is 8.73. The first-order valence-corrected chi connectivity index (χ1v) is 10.4. The number of rotatable bonds is 4. The Morgan fingerprint density at radius 1 is 1.03 bits per heavy atom. The van der Waals surface area contributed by atoms with E-state index >= 15 is 0 Å². The summed E-state index contributed by atoms with van der Waals surface area (Å²) < 4.78 is 1.43. The minimum absolute atomic E-state index is 0.0893. The van der Waals surface area contributed by atoms with Crippen LogP contribution in [-0.2, 0) is 7.05 Å². The van der Waals surface area contributed by atoms with Gasteiger partial charge in [-0.15, -0.1) is 0 Å². The van der Waals surface area contributed by atoms with Gasteiger partial charge in [0.25, 0.3) is 5.91 Å². The van der Waals surface area contributed by atoms with E-state index < -0.39 is 0 Å². The van der Waals surface area contributed by atoms with Gasteiger partial charge >= 0.3 is 0 Å². The summed E-state index contributed by atoms with van der Waals surface area (Å²) in [7, 11) is 1.65. The van der Waals surface area contributed by atoms with Gasteiger partial charge in [-0.25, -0.2) is 9.97 Å². The van der Waals surface area contributed by atoms with Gasteiger partial charge in [0.2, 0.25) is 11.5 Å². The van der Waals surface area contributed by atoms with Crippen molar-refractivity contribution in [3.05, 3.63) is 75.2 Å². The average Bonchev–Trinajstić information content (AvgIpc) is 3.18. The summed E-state index contributed by atoms with van der Waals surface area (Å²) in [5.74, 6) is 0.451. The van der Waals surface area contributed by atoms with Crippen molar-refractivity contribution >= 4 is 17.5 Å². The largest absolute Gasteiger partial charge is 0.330 e. The van der Waals surface area contributed by atoms with Gasteiger partial charge in [0.05, 0.1) is 17.3 Å². The lowest BCUT2D eigenvalue weighted by Gasteiger charge is -2.25. The van der Waals surface area contributed by atoms with Crippen LogP contribution in [-0.4, -0.2) is 36.9 Å². The summed E-state index contributed by atoms with van der Waals surface area (Å²) in [6.45, 7) is 6.46. The number of anilines is 2. The smallest absolute Gasteiger partial charge is 0.255 e. The molecule has 0 radical (unpaired) electrons. The fourth-order valence-corrected chi connectivity index (χ4v) is 4.05. The fraction of sp³-hybridized carbons (Fsp3) is 0.348. The van der Waals surface area contributed by atoms with Crippen LogP contribution in [0.3, 0.4) is 0 Å². The van der Waals surface area contributed by atoms with E-state index in [0.29, 0.717) is 18.1 Å². The van der Waals surface area contributed by atoms with Gasteiger partial charge in [-0.1, -0.05) is 0 Å². The molecule has 0 bridgehead atoms. The second-order valence-electron chi connectivity index (χ2n) is 8.04. The first-order chi connectivity index (χ1) is 14.8. The number of hydrogen-bond acceptors (Lipinski definition) is 6. The average molecular weight is 419 g/mol. The number of amides is 1. The Labute approximate surface area is 181 Å². The van der Waals surface area contributed by atoms with Gasteiger partial charge in [0.15, 0.2) is 0 Å². The van der Waals surface area contributed by atoms with Crippen molar-refractivity contribution in [3.8, 4) is 0 Å². The van der Waals surface area contributed by atoms with Crippen LogP contribution < -0.4 is 10.9 Å². The molecule has 1 fully saturated rings. The Balaban J connectivity index is 1.62. The molecule has 4 rings (SSSR count). The molecule has 1 amide bonds. The number of nitrogens with zero attached hydrogens (tertiary/aromatic N) is 5. The molecule has 1 aliphatic heterocycles. The molecule has 4 heterocycles. The molecule has 8 nitrogen and oxygen atoms in total. The maximum Gasteiger partial charge on any atom is 0.255 e. The lowest BCUT2D eigenvalue weighted by atomic mass is 10.1. The highest BCUT2D eigenvalue weighted by Gasteiger charge is 2.32. The van der Waals surface area contributed by atoms with E-state index in [4.69, 9.17) is 4.98 Å². The maximum absolute atomic E-state index is 13.2. The second-order valence-corrected chi connectivity index (χ2v) is 8.04. The van der Waals surface area contributed by atoms with Gasteiger partial charge in [0, 0.05) is 48.6 Å². The van der Waals surface area contributed by atoms with Gasteiger partial charge in [0.1, 0.15) is 0 Å². The molecule has 0 saturated carbocycles. The fourth-order valence-electron chi connectivity index (χ4n) is 4.05. The number of aromatic nitrogens is 4. The van der Waals surface area contributed by atoms with Gasteiger partial charge in [-0.05, 0) is 57.9 Å². The third-order valence-electron chi connectivity index (χ3n) is 5.40. The number of likely N-dealkylation sites (tertiary alicyclic amines) is 1. The Bertz CT molecular complexity index is 1180. The van der Waals surface area contributed by atoms with E-state index in [1.54, 1.807) is 19.3 Å². The highest BCUT2D eigenvalue weighted by atomic mass is 16.2. The van der Waals surface area contributed by atoms with Crippen molar-refractivity contribution in [2.45, 2.75) is 39.7 Å². The van der Waals surface area contributed by atoms with Crippen LogP contribution in [0.15, 0.2) is 41.3 Å². The van der Waals surface area contributed by atoms with E-state index in [1.165, 1.54) is 10.6 Å². The van der Waals surface area contributed by atoms with Crippen LogP contribution in [0.25, 0.3) is 0 Å². The summed E-state index contributed by atoms with van der Waals surface area (Å²) in [4.78, 5) is 40.3. The summed E-state index contributed by atoms with van der Waals surface area (Å²) in [5, 5.41) is 3.28. The van der Waals surface area contributed by atoms with Crippen LogP contribution in [0.2, 0.25) is 0 Å². The molecule has 0 aromatic carbocycles. The number of carbonyl (C=O) groups excluding carboxylic acids is 1. The monoisotopic (exact) mass is 418 g/mol. The Hall–Kier alpha value is -3.55. The summed E-state index contributed by atoms with van der Waals surface area (Å²) in [6.07, 6.45) is 3.34. The van der Waals surface area contributed by atoms with E-state index in [0.717, 1.165) is 41.3 Å². The molecule has 1 unspecified atom stereocenters. The molecule has 1 atom stereocenters. The highest BCUT2D eigenvalue weighted by molar-refractivity contribution is 5.94. The number of hydrogen-bond donors (Lipinski definition) is 1. The summed E-state index contributed by atoms with van der Waals surface area (Å²) in [5.41, 5.74) is 4.68. The topological polar surface area (TPSA) is 93.0 Å². The zero-order valence-corrected chi connectivity index (χ0v) is 18.2. The predicted molar refractivity (Wildman–Crippen MR) is 118 cm³/mol. The minimum Gasteiger partial charge on any atom is -0.330 e. The van der Waals surface area contributed by atoms with Crippen LogP contribution >= 0.6 is 0 Å². The Morgan fingerprint density at radius 3 is 2.45 bits per heavy atom. The highest BCUT2D eigenvalue weighted by Crippen LogP contribution is 2.33. The van der Waals surface area contributed by atoms with E-state index in [-0.39, 0.29) is 17.5 Å². The molecule has 31 heavy (non-hydrogen) atoms. The van der Waals surface area contributed by atoms with Gasteiger partial charge < -0.3 is 14.8 Å². The van der Waals surface area contributed by atoms with Crippen LogP contribution in [0.5, 0.6) is 0 Å². The van der Waals surface area contributed by atoms with Crippen LogP contribution in [0, 0.1) is 20.8 Å². The van der Waals surface area contributed by atoms with E-state index in [1.807, 2.05) is 43.9 Å². The van der Waals surface area contributed by atoms with Crippen molar-refractivity contribution < 1.29 is 4.79 Å². The number of pyridine rings is 2. The molecule has 0 aliphatic carbocycles. The number of aryl methyl sites for hydroxylation is 4. The predicted octanol–water partition coefficient (Wildman–Crippen LogP) is 3.22. The van der Waals surface area contributed by atoms with Crippen molar-refractivity contribution in [2.75, 3.05) is 11.9 Å². The zero-order valence-electron chi connectivity index (χ0n) is 18.2. The molecule has 1 N–H and O–H groups in total. The van der Waals surface area contributed by atoms with Gasteiger partial charge in [-0.3, -0.25) is 14.6 Å². The normalized spacial score (nSPS) is 15.9. The SMILES string of the molecule is Cc1cc(Nc2nc(C)cc(C)n2)cc(C2CCCN2C(=O)c2ccc(=O)n(C)c2)n1. The van der Waals surface area contributed by atoms with Crippen molar-refractivity contribution in [1.82, 2.24) is 24.4 Å².